The zero-order chi connectivity index (χ0) is 23.3. The van der Waals surface area contributed by atoms with Crippen LogP contribution in [0.1, 0.15) is 36.6 Å². The zero-order valence-corrected chi connectivity index (χ0v) is 18.5. The smallest absolute Gasteiger partial charge is 0.341 e. The van der Waals surface area contributed by atoms with Crippen molar-refractivity contribution < 1.29 is 23.8 Å². The van der Waals surface area contributed by atoms with E-state index in [0.717, 1.165) is 12.8 Å². The highest BCUT2D eigenvalue weighted by molar-refractivity contribution is 6.18. The molecule has 33 heavy (non-hydrogen) atoms. The number of amides is 1. The molecule has 3 aliphatic heterocycles. The number of nitrogens with one attached hydrogen (secondary N) is 1. The second-order valence-corrected chi connectivity index (χ2v) is 8.40. The van der Waals surface area contributed by atoms with Crippen molar-refractivity contribution in [3.05, 3.63) is 69.0 Å². The molecular formula is C24H25N3O6. The lowest BCUT2D eigenvalue weighted by molar-refractivity contribution is -0.141. The van der Waals surface area contributed by atoms with Crippen LogP contribution in [0.5, 0.6) is 5.75 Å². The highest BCUT2D eigenvalue weighted by atomic mass is 16.5. The van der Waals surface area contributed by atoms with Crippen molar-refractivity contribution in [3.8, 4) is 5.75 Å². The molecule has 1 amide bonds. The molecule has 4 heterocycles. The number of pyridine rings is 1. The van der Waals surface area contributed by atoms with Crippen LogP contribution in [-0.2, 0) is 24.5 Å². The first-order valence-electron chi connectivity index (χ1n) is 11.0. The van der Waals surface area contributed by atoms with Gasteiger partial charge in [-0.05, 0) is 32.8 Å². The molecule has 172 valence electrons. The van der Waals surface area contributed by atoms with E-state index in [4.69, 9.17) is 19.9 Å². The predicted molar refractivity (Wildman–Crippen MR) is 119 cm³/mol. The summed E-state index contributed by atoms with van der Waals surface area (Å²) in [5, 5.41) is 0. The van der Waals surface area contributed by atoms with Crippen LogP contribution in [0.3, 0.4) is 0 Å². The van der Waals surface area contributed by atoms with Crippen molar-refractivity contribution in [3.63, 3.8) is 0 Å². The van der Waals surface area contributed by atoms with E-state index in [1.807, 2.05) is 6.07 Å². The van der Waals surface area contributed by atoms with Gasteiger partial charge in [-0.25, -0.2) is 4.79 Å². The molecule has 0 bridgehead atoms. The molecule has 2 unspecified atom stereocenters. The van der Waals surface area contributed by atoms with Gasteiger partial charge in [0.25, 0.3) is 5.56 Å². The number of benzene rings is 1. The van der Waals surface area contributed by atoms with E-state index >= 15 is 0 Å². The fraction of sp³-hybridized carbons (Fsp3) is 0.375. The number of aromatic nitrogens is 1. The van der Waals surface area contributed by atoms with Crippen molar-refractivity contribution in [1.82, 2.24) is 4.98 Å². The molecule has 5 rings (SSSR count). The van der Waals surface area contributed by atoms with E-state index in [9.17, 15) is 14.4 Å². The molecule has 9 heteroatoms. The number of nitrogens with zero attached hydrogens (tertiary/aromatic N) is 1. The summed E-state index contributed by atoms with van der Waals surface area (Å²) in [6.45, 7) is 4.36. The topological polar surface area (TPSA) is 124 Å². The molecule has 1 aromatic heterocycles. The number of carbonyl (C=O) groups is 2. The summed E-state index contributed by atoms with van der Waals surface area (Å²) < 4.78 is 16.8. The Hall–Kier alpha value is -3.59. The van der Waals surface area contributed by atoms with E-state index in [-0.39, 0.29) is 35.5 Å². The number of hydrogen-bond donors (Lipinski definition) is 2. The molecule has 0 saturated carbocycles. The van der Waals surface area contributed by atoms with Gasteiger partial charge >= 0.3 is 5.97 Å². The molecule has 1 spiro atoms. The summed E-state index contributed by atoms with van der Waals surface area (Å²) in [6, 6.07) is 8.72. The minimum absolute atomic E-state index is 0.0256. The highest BCUT2D eigenvalue weighted by Gasteiger charge is 2.62. The molecular weight excluding hydrogens is 426 g/mol. The maximum atomic E-state index is 14.4. The lowest BCUT2D eigenvalue weighted by Gasteiger charge is -2.35. The first-order chi connectivity index (χ1) is 15.9. The van der Waals surface area contributed by atoms with E-state index in [0.29, 0.717) is 30.1 Å². The Bertz CT molecular complexity index is 1240. The second-order valence-electron chi connectivity index (χ2n) is 8.40. The van der Waals surface area contributed by atoms with Crippen molar-refractivity contribution in [2.45, 2.75) is 38.2 Å². The maximum Gasteiger partial charge on any atom is 0.341 e. The SMILES string of the molecule is CCOC(=O)C1=C(N)Oc2cc(C)[nH]c(=O)c2C12C(=O)N(CC1CCCO1)c1ccccc12. The van der Waals surface area contributed by atoms with Crippen LogP contribution in [0.25, 0.3) is 0 Å². The van der Waals surface area contributed by atoms with Crippen LogP contribution in [0, 0.1) is 6.92 Å². The van der Waals surface area contributed by atoms with Gasteiger partial charge in [-0.15, -0.1) is 0 Å². The fourth-order valence-corrected chi connectivity index (χ4v) is 5.14. The first-order valence-corrected chi connectivity index (χ1v) is 11.0. The van der Waals surface area contributed by atoms with Gasteiger partial charge in [0.1, 0.15) is 16.7 Å². The van der Waals surface area contributed by atoms with Crippen LogP contribution in [0.2, 0.25) is 0 Å². The van der Waals surface area contributed by atoms with E-state index in [1.165, 1.54) is 0 Å². The van der Waals surface area contributed by atoms with Crippen molar-refractivity contribution in [1.29, 1.82) is 0 Å². The van der Waals surface area contributed by atoms with E-state index < -0.39 is 22.9 Å². The third-order valence-corrected chi connectivity index (χ3v) is 6.40. The average Bonchev–Trinajstić information content (AvgIpc) is 3.36. The second kappa shape index (κ2) is 7.77. The zero-order valence-electron chi connectivity index (χ0n) is 18.5. The molecule has 0 aliphatic carbocycles. The number of fused-ring (bicyclic) bond motifs is 4. The Morgan fingerprint density at radius 1 is 1.33 bits per heavy atom. The largest absolute Gasteiger partial charge is 0.462 e. The Labute approximate surface area is 190 Å². The van der Waals surface area contributed by atoms with Crippen molar-refractivity contribution in [2.75, 3.05) is 24.7 Å². The van der Waals surface area contributed by atoms with Crippen LogP contribution in [-0.4, -0.2) is 42.7 Å². The summed E-state index contributed by atoms with van der Waals surface area (Å²) >= 11 is 0. The Balaban J connectivity index is 1.82. The number of anilines is 1. The normalized spacial score (nSPS) is 23.5. The van der Waals surface area contributed by atoms with E-state index in [2.05, 4.69) is 4.98 Å². The maximum absolute atomic E-state index is 14.4. The third kappa shape index (κ3) is 2.99. The van der Waals surface area contributed by atoms with Crippen molar-refractivity contribution >= 4 is 17.6 Å². The molecule has 1 aromatic carbocycles. The van der Waals surface area contributed by atoms with Gasteiger partial charge in [0, 0.05) is 29.6 Å². The lowest BCUT2D eigenvalue weighted by Crippen LogP contribution is -2.52. The summed E-state index contributed by atoms with van der Waals surface area (Å²) in [4.78, 5) is 45.2. The third-order valence-electron chi connectivity index (χ3n) is 6.40. The van der Waals surface area contributed by atoms with Gasteiger partial charge in [0.2, 0.25) is 11.8 Å². The first kappa shape index (κ1) is 21.3. The quantitative estimate of drug-likeness (QED) is 0.677. The van der Waals surface area contributed by atoms with Crippen molar-refractivity contribution in [2.24, 2.45) is 5.73 Å². The van der Waals surface area contributed by atoms with E-state index in [1.54, 1.807) is 43.0 Å². The fourth-order valence-electron chi connectivity index (χ4n) is 5.14. The number of carbonyl (C=O) groups excluding carboxylic acids is 2. The summed E-state index contributed by atoms with van der Waals surface area (Å²) in [5.41, 5.74) is 5.40. The van der Waals surface area contributed by atoms with Crippen LogP contribution in [0.4, 0.5) is 5.69 Å². The molecule has 2 atom stereocenters. The lowest BCUT2D eigenvalue weighted by atomic mass is 9.68. The molecule has 0 radical (unpaired) electrons. The van der Waals surface area contributed by atoms with Gasteiger partial charge in [0.05, 0.1) is 24.8 Å². The number of hydrogen-bond acceptors (Lipinski definition) is 7. The van der Waals surface area contributed by atoms with Crippen LogP contribution in [0.15, 0.2) is 46.6 Å². The molecule has 1 fully saturated rings. The molecule has 3 aliphatic rings. The van der Waals surface area contributed by atoms with Gasteiger partial charge in [-0.3, -0.25) is 9.59 Å². The predicted octanol–water partition coefficient (Wildman–Crippen LogP) is 1.62. The van der Waals surface area contributed by atoms with Gasteiger partial charge in [-0.1, -0.05) is 18.2 Å². The summed E-state index contributed by atoms with van der Waals surface area (Å²) in [6.07, 6.45) is 1.59. The number of rotatable bonds is 4. The molecule has 1 saturated heterocycles. The van der Waals surface area contributed by atoms with Gasteiger partial charge < -0.3 is 29.8 Å². The average molecular weight is 451 g/mol. The summed E-state index contributed by atoms with van der Waals surface area (Å²) in [7, 11) is 0. The van der Waals surface area contributed by atoms with Gasteiger partial charge in [-0.2, -0.15) is 0 Å². The highest BCUT2D eigenvalue weighted by Crippen LogP contribution is 2.54. The monoisotopic (exact) mass is 451 g/mol. The number of aryl methyl sites for hydroxylation is 1. The Morgan fingerprint density at radius 2 is 2.12 bits per heavy atom. The summed E-state index contributed by atoms with van der Waals surface area (Å²) in [5.74, 6) is -1.37. The number of ether oxygens (including phenoxy) is 3. The number of para-hydroxylation sites is 1. The Morgan fingerprint density at radius 3 is 2.85 bits per heavy atom. The number of H-pyrrole nitrogens is 1. The molecule has 2 aromatic rings. The van der Waals surface area contributed by atoms with Crippen LogP contribution < -0.4 is 20.9 Å². The standard InChI is InChI=1S/C24H25N3O6/c1-3-31-22(29)19-20(25)33-17-11-13(2)26-21(28)18(17)24(19)15-8-4-5-9-16(15)27(23(24)30)12-14-7-6-10-32-14/h4-5,8-9,11,14H,3,6-7,10,12,25H2,1-2H3,(H,26,28). The van der Waals surface area contributed by atoms with Gasteiger partial charge in [0.15, 0.2) is 0 Å². The van der Waals surface area contributed by atoms with Crippen LogP contribution >= 0.6 is 0 Å². The minimum atomic E-state index is -1.79. The number of esters is 1. The molecule has 3 N–H and O–H groups in total. The minimum Gasteiger partial charge on any atom is -0.462 e. The number of nitrogens with two attached hydrogens (primary N) is 1. The molecule has 9 nitrogen and oxygen atoms in total. The Kier molecular flexibility index (Phi) is 5.01. The number of aromatic amines is 1.